The molecule has 0 aromatic heterocycles. The molecule has 0 aliphatic rings. The first kappa shape index (κ1) is 18.8. The van der Waals surface area contributed by atoms with Gasteiger partial charge in [-0.25, -0.2) is 4.79 Å². The van der Waals surface area contributed by atoms with Crippen LogP contribution in [-0.4, -0.2) is 48.5 Å². The second-order valence-electron chi connectivity index (χ2n) is 5.47. The van der Waals surface area contributed by atoms with E-state index in [0.29, 0.717) is 5.56 Å². The summed E-state index contributed by atoms with van der Waals surface area (Å²) in [7, 11) is 0. The number of aromatic hydroxyl groups is 4. The van der Waals surface area contributed by atoms with Gasteiger partial charge in [-0.2, -0.15) is 0 Å². The Morgan fingerprint density at radius 2 is 1.62 bits per heavy atom. The van der Waals surface area contributed by atoms with Gasteiger partial charge in [-0.3, -0.25) is 4.79 Å². The fraction of sp³-hybridized carbons (Fsp3) is 0.111. The monoisotopic (exact) mass is 360 g/mol. The quantitative estimate of drug-likeness (QED) is 0.256. The molecule has 0 spiro atoms. The van der Waals surface area contributed by atoms with Gasteiger partial charge < -0.3 is 30.6 Å². The number of phenols is 4. The van der Waals surface area contributed by atoms with Crippen LogP contribution in [0.5, 0.6) is 23.0 Å². The normalized spacial score (nSPS) is 12.2. The Balaban J connectivity index is 2.37. The Kier molecular flexibility index (Phi) is 5.48. The van der Waals surface area contributed by atoms with Gasteiger partial charge in [0.25, 0.3) is 0 Å². The lowest BCUT2D eigenvalue weighted by molar-refractivity contribution is -0.146. The standard InChI is InChI=1S/C18H16O8/c19-11-4-1-9(7-14(11)22)2-5-12(20)16-10(8-15(23)18(25)26)3-6-13(21)17(16)24/h1-7,15,19,21-24H,8H2,(H,25,26)/b5-2+/t15-/m1/s1. The smallest absolute Gasteiger partial charge is 0.332 e. The van der Waals surface area contributed by atoms with E-state index in [1.54, 1.807) is 0 Å². The molecule has 26 heavy (non-hydrogen) atoms. The number of hydrogen-bond acceptors (Lipinski definition) is 7. The van der Waals surface area contributed by atoms with E-state index in [-0.39, 0.29) is 22.6 Å². The topological polar surface area (TPSA) is 156 Å². The zero-order chi connectivity index (χ0) is 19.4. The van der Waals surface area contributed by atoms with E-state index in [1.165, 1.54) is 30.3 Å². The number of carboxylic acids is 1. The summed E-state index contributed by atoms with van der Waals surface area (Å²) >= 11 is 0. The summed E-state index contributed by atoms with van der Waals surface area (Å²) in [5, 5.41) is 56.5. The van der Waals surface area contributed by atoms with Gasteiger partial charge in [0.1, 0.15) is 0 Å². The highest BCUT2D eigenvalue weighted by Crippen LogP contribution is 2.33. The summed E-state index contributed by atoms with van der Waals surface area (Å²) in [6, 6.07) is 6.17. The number of phenolic OH excluding ortho intramolecular Hbond substituents is 4. The molecule has 6 N–H and O–H groups in total. The fourth-order valence-corrected chi connectivity index (χ4v) is 2.26. The van der Waals surface area contributed by atoms with Crippen LogP contribution in [0.2, 0.25) is 0 Å². The van der Waals surface area contributed by atoms with E-state index >= 15 is 0 Å². The molecule has 0 bridgehead atoms. The summed E-state index contributed by atoms with van der Waals surface area (Å²) in [5.41, 5.74) is 0.0726. The maximum absolute atomic E-state index is 12.4. The largest absolute Gasteiger partial charge is 0.504 e. The molecular formula is C18H16O8. The van der Waals surface area contributed by atoms with Gasteiger partial charge in [-0.15, -0.1) is 0 Å². The van der Waals surface area contributed by atoms with Crippen LogP contribution in [-0.2, 0) is 11.2 Å². The first-order valence-corrected chi connectivity index (χ1v) is 7.39. The molecule has 2 aromatic carbocycles. The Bertz CT molecular complexity index is 885. The van der Waals surface area contributed by atoms with Crippen LogP contribution in [0.3, 0.4) is 0 Å². The second-order valence-corrected chi connectivity index (χ2v) is 5.47. The number of rotatable bonds is 6. The van der Waals surface area contributed by atoms with Crippen LogP contribution in [0.1, 0.15) is 21.5 Å². The number of aliphatic hydroxyl groups excluding tert-OH is 1. The van der Waals surface area contributed by atoms with Gasteiger partial charge in [0, 0.05) is 6.42 Å². The summed E-state index contributed by atoms with van der Waals surface area (Å²) < 4.78 is 0. The molecule has 0 aliphatic heterocycles. The molecule has 2 rings (SSSR count). The highest BCUT2D eigenvalue weighted by molar-refractivity contribution is 6.10. The number of ketones is 1. The van der Waals surface area contributed by atoms with Crippen molar-refractivity contribution in [3.8, 4) is 23.0 Å². The van der Waals surface area contributed by atoms with Gasteiger partial charge in [-0.05, 0) is 35.4 Å². The molecule has 0 amide bonds. The molecular weight excluding hydrogens is 344 g/mol. The maximum Gasteiger partial charge on any atom is 0.332 e. The third kappa shape index (κ3) is 4.11. The highest BCUT2D eigenvalue weighted by atomic mass is 16.4. The number of carbonyl (C=O) groups excluding carboxylic acids is 1. The van der Waals surface area contributed by atoms with Crippen LogP contribution in [0.15, 0.2) is 36.4 Å². The number of carboxylic acid groups (broad SMARTS) is 1. The summed E-state index contributed by atoms with van der Waals surface area (Å²) in [5.74, 6) is -4.26. The lowest BCUT2D eigenvalue weighted by Gasteiger charge is -2.12. The number of carbonyl (C=O) groups is 2. The molecule has 136 valence electrons. The molecule has 2 aromatic rings. The third-order valence-electron chi connectivity index (χ3n) is 3.61. The SMILES string of the molecule is O=C(/C=C/c1ccc(O)c(O)c1)c1c(C[C@@H](O)C(=O)O)ccc(O)c1O. The van der Waals surface area contributed by atoms with Crippen molar-refractivity contribution in [1.82, 2.24) is 0 Å². The first-order chi connectivity index (χ1) is 12.2. The average molecular weight is 360 g/mol. The second kappa shape index (κ2) is 7.58. The van der Waals surface area contributed by atoms with E-state index < -0.39 is 35.8 Å². The van der Waals surface area contributed by atoms with Gasteiger partial charge in [0.2, 0.25) is 0 Å². The van der Waals surface area contributed by atoms with Crippen LogP contribution in [0.25, 0.3) is 6.08 Å². The van der Waals surface area contributed by atoms with Gasteiger partial charge in [0.15, 0.2) is 34.9 Å². The lowest BCUT2D eigenvalue weighted by atomic mass is 9.96. The summed E-state index contributed by atoms with van der Waals surface area (Å²) in [4.78, 5) is 23.2. The van der Waals surface area contributed by atoms with E-state index in [0.717, 1.165) is 12.1 Å². The Morgan fingerprint density at radius 3 is 2.23 bits per heavy atom. The van der Waals surface area contributed by atoms with Crippen molar-refractivity contribution in [2.75, 3.05) is 0 Å². The van der Waals surface area contributed by atoms with Crippen LogP contribution in [0, 0.1) is 0 Å². The van der Waals surface area contributed by atoms with Crippen molar-refractivity contribution in [2.24, 2.45) is 0 Å². The number of allylic oxidation sites excluding steroid dienone is 1. The van der Waals surface area contributed by atoms with E-state index in [4.69, 9.17) is 5.11 Å². The first-order valence-electron chi connectivity index (χ1n) is 7.39. The predicted octanol–water partition coefficient (Wildman–Crippen LogP) is 1.39. The minimum atomic E-state index is -1.79. The van der Waals surface area contributed by atoms with Crippen LogP contribution in [0.4, 0.5) is 0 Å². The van der Waals surface area contributed by atoms with E-state index in [2.05, 4.69) is 0 Å². The number of hydrogen-bond donors (Lipinski definition) is 6. The molecule has 0 saturated carbocycles. The Hall–Kier alpha value is -3.52. The van der Waals surface area contributed by atoms with Crippen molar-refractivity contribution >= 4 is 17.8 Å². The van der Waals surface area contributed by atoms with E-state index in [9.17, 15) is 35.1 Å². The van der Waals surface area contributed by atoms with Crippen molar-refractivity contribution < 1.29 is 40.2 Å². The maximum atomic E-state index is 12.4. The average Bonchev–Trinajstić information content (AvgIpc) is 2.59. The molecule has 0 radical (unpaired) electrons. The zero-order valence-corrected chi connectivity index (χ0v) is 13.3. The Morgan fingerprint density at radius 1 is 0.962 bits per heavy atom. The predicted molar refractivity (Wildman–Crippen MR) is 90.3 cm³/mol. The van der Waals surface area contributed by atoms with E-state index in [1.807, 2.05) is 0 Å². The number of benzene rings is 2. The van der Waals surface area contributed by atoms with Crippen LogP contribution < -0.4 is 0 Å². The van der Waals surface area contributed by atoms with Crippen molar-refractivity contribution in [3.63, 3.8) is 0 Å². The molecule has 1 atom stereocenters. The third-order valence-corrected chi connectivity index (χ3v) is 3.61. The van der Waals surface area contributed by atoms with Gasteiger partial charge in [-0.1, -0.05) is 18.2 Å². The highest BCUT2D eigenvalue weighted by Gasteiger charge is 2.22. The fourth-order valence-electron chi connectivity index (χ4n) is 2.26. The van der Waals surface area contributed by atoms with Crippen molar-refractivity contribution in [1.29, 1.82) is 0 Å². The molecule has 8 nitrogen and oxygen atoms in total. The minimum absolute atomic E-state index is 0.0402. The summed E-state index contributed by atoms with van der Waals surface area (Å²) in [6.45, 7) is 0. The molecule has 8 heteroatoms. The number of aliphatic hydroxyl groups is 1. The number of aliphatic carboxylic acids is 1. The molecule has 0 saturated heterocycles. The zero-order valence-electron chi connectivity index (χ0n) is 13.3. The Labute approximate surface area is 147 Å². The van der Waals surface area contributed by atoms with Crippen molar-refractivity contribution in [2.45, 2.75) is 12.5 Å². The van der Waals surface area contributed by atoms with Gasteiger partial charge in [0.05, 0.1) is 5.56 Å². The molecule has 0 unspecified atom stereocenters. The molecule has 0 aliphatic carbocycles. The van der Waals surface area contributed by atoms with Crippen LogP contribution >= 0.6 is 0 Å². The lowest BCUT2D eigenvalue weighted by Crippen LogP contribution is -2.23. The molecule has 0 fully saturated rings. The molecule has 0 heterocycles. The summed E-state index contributed by atoms with van der Waals surface area (Å²) in [6.07, 6.45) is 0.0979. The van der Waals surface area contributed by atoms with Gasteiger partial charge >= 0.3 is 5.97 Å². The van der Waals surface area contributed by atoms with Crippen molar-refractivity contribution in [3.05, 3.63) is 53.1 Å². The minimum Gasteiger partial charge on any atom is -0.504 e.